The Hall–Kier alpha value is -3.06. The summed E-state index contributed by atoms with van der Waals surface area (Å²) in [6, 6.07) is 12.7. The number of imide groups is 1. The van der Waals surface area contributed by atoms with Gasteiger partial charge in [0.15, 0.2) is 6.61 Å². The molecule has 2 aromatic carbocycles. The predicted molar refractivity (Wildman–Crippen MR) is 104 cm³/mol. The average molecular weight is 405 g/mol. The molecule has 148 valence electrons. The first-order valence-electron chi connectivity index (χ1n) is 8.62. The van der Waals surface area contributed by atoms with E-state index < -0.39 is 30.6 Å². The number of ether oxygens (including phenoxy) is 2. The van der Waals surface area contributed by atoms with Crippen LogP contribution in [0.4, 0.5) is 4.79 Å². The Morgan fingerprint density at radius 1 is 1.11 bits per heavy atom. The molecular formula is C20H21ClN2O5. The van der Waals surface area contributed by atoms with E-state index in [0.717, 1.165) is 5.56 Å². The summed E-state index contributed by atoms with van der Waals surface area (Å²) < 4.78 is 10.7. The van der Waals surface area contributed by atoms with E-state index in [4.69, 9.17) is 21.1 Å². The van der Waals surface area contributed by atoms with Crippen molar-refractivity contribution in [1.82, 2.24) is 10.6 Å². The fourth-order valence-corrected chi connectivity index (χ4v) is 2.59. The third-order valence-corrected chi connectivity index (χ3v) is 3.88. The molecule has 0 radical (unpaired) electrons. The summed E-state index contributed by atoms with van der Waals surface area (Å²) in [5.41, 5.74) is 1.19. The van der Waals surface area contributed by atoms with E-state index in [2.05, 4.69) is 10.6 Å². The van der Waals surface area contributed by atoms with Crippen molar-refractivity contribution >= 4 is 29.5 Å². The number of benzene rings is 2. The Labute approximate surface area is 168 Å². The topological polar surface area (TPSA) is 93.7 Å². The Morgan fingerprint density at radius 3 is 2.46 bits per heavy atom. The molecule has 0 fully saturated rings. The van der Waals surface area contributed by atoms with Gasteiger partial charge in [-0.25, -0.2) is 9.59 Å². The molecule has 2 rings (SSSR count). The van der Waals surface area contributed by atoms with Crippen LogP contribution in [0.3, 0.4) is 0 Å². The van der Waals surface area contributed by atoms with Crippen LogP contribution in [0.5, 0.6) is 5.75 Å². The van der Waals surface area contributed by atoms with Crippen molar-refractivity contribution in [2.24, 2.45) is 0 Å². The molecule has 1 atom stereocenters. The van der Waals surface area contributed by atoms with Gasteiger partial charge in [0.05, 0.1) is 0 Å². The lowest BCUT2D eigenvalue weighted by Crippen LogP contribution is -2.42. The van der Waals surface area contributed by atoms with Crippen LogP contribution in [0.1, 0.15) is 24.2 Å². The minimum atomic E-state index is -1.29. The van der Waals surface area contributed by atoms with Crippen LogP contribution < -0.4 is 15.4 Å². The zero-order valence-electron chi connectivity index (χ0n) is 15.5. The minimum absolute atomic E-state index is 0.350. The van der Waals surface area contributed by atoms with Crippen LogP contribution >= 0.6 is 11.6 Å². The second-order valence-corrected chi connectivity index (χ2v) is 6.26. The Morgan fingerprint density at radius 2 is 1.82 bits per heavy atom. The van der Waals surface area contributed by atoms with Gasteiger partial charge in [0.2, 0.25) is 6.10 Å². The molecule has 0 spiro atoms. The number of rotatable bonds is 7. The summed E-state index contributed by atoms with van der Waals surface area (Å²) >= 11 is 5.89. The van der Waals surface area contributed by atoms with Gasteiger partial charge in [0.1, 0.15) is 5.75 Å². The van der Waals surface area contributed by atoms with E-state index >= 15 is 0 Å². The number of halogens is 1. The van der Waals surface area contributed by atoms with Crippen molar-refractivity contribution in [3.63, 3.8) is 0 Å². The molecule has 2 aromatic rings. The second kappa shape index (κ2) is 10.3. The highest BCUT2D eigenvalue weighted by Gasteiger charge is 2.26. The first kappa shape index (κ1) is 21.2. The highest BCUT2D eigenvalue weighted by Crippen LogP contribution is 2.22. The average Bonchev–Trinajstić information content (AvgIpc) is 2.66. The van der Waals surface area contributed by atoms with Gasteiger partial charge in [0, 0.05) is 17.1 Å². The SMILES string of the molecule is CCNC(=O)NC(=O)C(OC(=O)COc1ccc(Cl)cc1C)c1ccccc1. The van der Waals surface area contributed by atoms with Crippen LogP contribution in [-0.4, -0.2) is 31.1 Å². The van der Waals surface area contributed by atoms with E-state index in [9.17, 15) is 14.4 Å². The molecule has 0 aliphatic carbocycles. The maximum Gasteiger partial charge on any atom is 0.345 e. The molecule has 0 aromatic heterocycles. The number of hydrogen-bond donors (Lipinski definition) is 2. The summed E-state index contributed by atoms with van der Waals surface area (Å²) in [5.74, 6) is -1.04. The Bertz CT molecular complexity index is 842. The number of urea groups is 1. The third-order valence-electron chi connectivity index (χ3n) is 3.65. The number of esters is 1. The number of hydrogen-bond acceptors (Lipinski definition) is 5. The molecular weight excluding hydrogens is 384 g/mol. The lowest BCUT2D eigenvalue weighted by Gasteiger charge is -2.18. The van der Waals surface area contributed by atoms with Crippen molar-refractivity contribution in [3.8, 4) is 5.75 Å². The van der Waals surface area contributed by atoms with Crippen molar-refractivity contribution in [3.05, 3.63) is 64.7 Å². The Balaban J connectivity index is 2.05. The first-order valence-corrected chi connectivity index (χ1v) is 9.00. The van der Waals surface area contributed by atoms with Crippen LogP contribution in [0.15, 0.2) is 48.5 Å². The standard InChI is InChI=1S/C20H21ClN2O5/c1-3-22-20(26)23-19(25)18(14-7-5-4-6-8-14)28-17(24)12-27-16-10-9-15(21)11-13(16)2/h4-11,18H,3,12H2,1-2H3,(H2,22,23,25,26). The minimum Gasteiger partial charge on any atom is -0.482 e. The first-order chi connectivity index (χ1) is 13.4. The van der Waals surface area contributed by atoms with E-state index in [-0.39, 0.29) is 0 Å². The van der Waals surface area contributed by atoms with Crippen LogP contribution in [0.25, 0.3) is 0 Å². The van der Waals surface area contributed by atoms with Gasteiger partial charge in [0.25, 0.3) is 5.91 Å². The number of carbonyl (C=O) groups is 3. The van der Waals surface area contributed by atoms with E-state index in [1.54, 1.807) is 62.4 Å². The molecule has 7 nitrogen and oxygen atoms in total. The highest BCUT2D eigenvalue weighted by atomic mass is 35.5. The Kier molecular flexibility index (Phi) is 7.83. The van der Waals surface area contributed by atoms with Crippen molar-refractivity contribution in [1.29, 1.82) is 0 Å². The monoisotopic (exact) mass is 404 g/mol. The molecule has 3 amide bonds. The number of amides is 3. The molecule has 8 heteroatoms. The molecule has 0 saturated heterocycles. The van der Waals surface area contributed by atoms with Gasteiger partial charge in [-0.2, -0.15) is 0 Å². The highest BCUT2D eigenvalue weighted by molar-refractivity contribution is 6.30. The number of carbonyl (C=O) groups excluding carboxylic acids is 3. The lowest BCUT2D eigenvalue weighted by atomic mass is 10.1. The quantitative estimate of drug-likeness (QED) is 0.691. The molecule has 0 aliphatic rings. The van der Waals surface area contributed by atoms with Gasteiger partial charge < -0.3 is 14.8 Å². The lowest BCUT2D eigenvalue weighted by molar-refractivity contribution is -0.158. The molecule has 1 unspecified atom stereocenters. The fourth-order valence-electron chi connectivity index (χ4n) is 2.36. The molecule has 0 saturated carbocycles. The predicted octanol–water partition coefficient (Wildman–Crippen LogP) is 3.16. The third kappa shape index (κ3) is 6.28. The van der Waals surface area contributed by atoms with Crippen LogP contribution in [0.2, 0.25) is 5.02 Å². The second-order valence-electron chi connectivity index (χ2n) is 5.83. The molecule has 0 bridgehead atoms. The molecule has 0 aliphatic heterocycles. The maximum absolute atomic E-state index is 12.4. The molecule has 2 N–H and O–H groups in total. The number of nitrogens with one attached hydrogen (secondary N) is 2. The van der Waals surface area contributed by atoms with Gasteiger partial charge in [-0.05, 0) is 37.6 Å². The van der Waals surface area contributed by atoms with Crippen LogP contribution in [-0.2, 0) is 14.3 Å². The largest absolute Gasteiger partial charge is 0.482 e. The van der Waals surface area contributed by atoms with Crippen molar-refractivity contribution < 1.29 is 23.9 Å². The summed E-state index contributed by atoms with van der Waals surface area (Å²) in [6.45, 7) is 3.46. The zero-order chi connectivity index (χ0) is 20.5. The summed E-state index contributed by atoms with van der Waals surface area (Å²) in [5, 5.41) is 5.15. The normalized spacial score (nSPS) is 11.2. The molecule has 28 heavy (non-hydrogen) atoms. The van der Waals surface area contributed by atoms with Crippen molar-refractivity contribution in [2.75, 3.05) is 13.2 Å². The smallest absolute Gasteiger partial charge is 0.345 e. The summed E-state index contributed by atoms with van der Waals surface area (Å²) in [6.07, 6.45) is -1.29. The van der Waals surface area contributed by atoms with Crippen LogP contribution in [0, 0.1) is 6.92 Å². The van der Waals surface area contributed by atoms with Crippen molar-refractivity contribution in [2.45, 2.75) is 20.0 Å². The summed E-state index contributed by atoms with van der Waals surface area (Å²) in [4.78, 5) is 36.3. The van der Waals surface area contributed by atoms with Gasteiger partial charge in [-0.1, -0.05) is 41.9 Å². The van der Waals surface area contributed by atoms with E-state index in [0.29, 0.717) is 22.9 Å². The van der Waals surface area contributed by atoms with Gasteiger partial charge >= 0.3 is 12.0 Å². The maximum atomic E-state index is 12.4. The zero-order valence-corrected chi connectivity index (χ0v) is 16.3. The summed E-state index contributed by atoms with van der Waals surface area (Å²) in [7, 11) is 0. The van der Waals surface area contributed by atoms with E-state index in [1.807, 2.05) is 0 Å². The fraction of sp³-hybridized carbons (Fsp3) is 0.250. The van der Waals surface area contributed by atoms with Gasteiger partial charge in [-0.15, -0.1) is 0 Å². The number of aryl methyl sites for hydroxylation is 1. The van der Waals surface area contributed by atoms with E-state index in [1.165, 1.54) is 0 Å². The van der Waals surface area contributed by atoms with Gasteiger partial charge in [-0.3, -0.25) is 10.1 Å². The molecule has 0 heterocycles.